The van der Waals surface area contributed by atoms with Crippen molar-refractivity contribution in [2.45, 2.75) is 18.4 Å². The Morgan fingerprint density at radius 2 is 1.78 bits per heavy atom. The maximum absolute atomic E-state index is 13.1. The lowest BCUT2D eigenvalue weighted by atomic mass is 10.0. The van der Waals surface area contributed by atoms with Crippen LogP contribution < -0.4 is 10.5 Å². The van der Waals surface area contributed by atoms with Gasteiger partial charge in [0.1, 0.15) is 0 Å². The van der Waals surface area contributed by atoms with Crippen LogP contribution in [-0.4, -0.2) is 19.3 Å². The van der Waals surface area contributed by atoms with Crippen molar-refractivity contribution < 1.29 is 13.2 Å². The lowest BCUT2D eigenvalue weighted by Gasteiger charge is -2.12. The lowest BCUT2D eigenvalue weighted by molar-refractivity contribution is 0.0952. The quantitative estimate of drug-likeness (QED) is 0.411. The number of rotatable bonds is 5. The summed E-state index contributed by atoms with van der Waals surface area (Å²) in [4.78, 5) is 17.9. The Kier molecular flexibility index (Phi) is 6.10. The summed E-state index contributed by atoms with van der Waals surface area (Å²) in [6.45, 7) is 2.25. The number of nitrogens with zero attached hydrogens (tertiary/aromatic N) is 1. The highest BCUT2D eigenvalue weighted by molar-refractivity contribution is 9.10. The van der Waals surface area contributed by atoms with Gasteiger partial charge in [0.25, 0.3) is 5.91 Å². The van der Waals surface area contributed by atoms with E-state index in [4.69, 9.17) is 10.1 Å². The summed E-state index contributed by atoms with van der Waals surface area (Å²) in [5, 5.41) is 8.78. The summed E-state index contributed by atoms with van der Waals surface area (Å²) < 4.78 is 23.7. The van der Waals surface area contributed by atoms with Crippen LogP contribution in [0.3, 0.4) is 0 Å². The largest absolute Gasteiger partial charge is 0.348 e. The number of fused-ring (bicyclic) bond motifs is 1. The van der Waals surface area contributed by atoms with Crippen LogP contribution in [0.2, 0.25) is 0 Å². The van der Waals surface area contributed by atoms with Crippen molar-refractivity contribution in [3.05, 3.63) is 94.0 Å². The van der Waals surface area contributed by atoms with Crippen molar-refractivity contribution >= 4 is 42.8 Å². The van der Waals surface area contributed by atoms with Gasteiger partial charge in [0, 0.05) is 22.0 Å². The highest BCUT2D eigenvalue weighted by atomic mass is 79.9. The van der Waals surface area contributed by atoms with Crippen molar-refractivity contribution in [3.8, 4) is 11.3 Å². The predicted octanol–water partition coefficient (Wildman–Crippen LogP) is 4.55. The first-order valence-electron chi connectivity index (χ1n) is 9.78. The van der Waals surface area contributed by atoms with Gasteiger partial charge in [-0.1, -0.05) is 51.8 Å². The molecular weight excluding hydrogens is 490 g/mol. The van der Waals surface area contributed by atoms with Gasteiger partial charge in [-0.05, 0) is 55.0 Å². The van der Waals surface area contributed by atoms with Crippen LogP contribution in [-0.2, 0) is 16.6 Å². The van der Waals surface area contributed by atoms with Gasteiger partial charge in [-0.2, -0.15) is 0 Å². The Morgan fingerprint density at radius 3 is 2.47 bits per heavy atom. The van der Waals surface area contributed by atoms with E-state index in [1.165, 1.54) is 12.1 Å². The third kappa shape index (κ3) is 4.88. The summed E-state index contributed by atoms with van der Waals surface area (Å²) in [6, 6.07) is 21.5. The second kappa shape index (κ2) is 8.82. The molecule has 1 amide bonds. The SMILES string of the molecule is Cc1cccc(-c2cc(C(=O)NCc3ccc(S(N)(=O)=O)cc3)c3cc(Br)ccc3n2)c1. The number of aromatic nitrogens is 1. The fourth-order valence-electron chi connectivity index (χ4n) is 3.41. The summed E-state index contributed by atoms with van der Waals surface area (Å²) in [5.74, 6) is -0.250. The number of nitrogens with one attached hydrogen (secondary N) is 1. The van der Waals surface area contributed by atoms with Crippen LogP contribution in [0, 0.1) is 6.92 Å². The molecule has 1 heterocycles. The fraction of sp³-hybridized carbons (Fsp3) is 0.0833. The number of hydrogen-bond acceptors (Lipinski definition) is 4. The first kappa shape index (κ1) is 22.1. The van der Waals surface area contributed by atoms with E-state index in [0.717, 1.165) is 32.1 Å². The van der Waals surface area contributed by atoms with Crippen molar-refractivity contribution in [2.75, 3.05) is 0 Å². The van der Waals surface area contributed by atoms with Crippen LogP contribution in [0.25, 0.3) is 22.2 Å². The van der Waals surface area contributed by atoms with Gasteiger partial charge in [0.15, 0.2) is 0 Å². The normalized spacial score (nSPS) is 11.5. The van der Waals surface area contributed by atoms with Gasteiger partial charge >= 0.3 is 0 Å². The van der Waals surface area contributed by atoms with Gasteiger partial charge in [0.2, 0.25) is 10.0 Å². The number of sulfonamides is 1. The zero-order valence-electron chi connectivity index (χ0n) is 17.2. The van der Waals surface area contributed by atoms with Crippen LogP contribution in [0.15, 0.2) is 82.2 Å². The minimum atomic E-state index is -3.76. The zero-order valence-corrected chi connectivity index (χ0v) is 19.6. The molecule has 0 saturated heterocycles. The van der Waals surface area contributed by atoms with E-state index in [9.17, 15) is 13.2 Å². The first-order chi connectivity index (χ1) is 15.2. The lowest BCUT2D eigenvalue weighted by Crippen LogP contribution is -2.23. The Bertz CT molecular complexity index is 1440. The molecule has 4 rings (SSSR count). The molecule has 4 aromatic rings. The minimum Gasteiger partial charge on any atom is -0.348 e. The summed E-state index contributed by atoms with van der Waals surface area (Å²) in [6.07, 6.45) is 0. The average Bonchev–Trinajstić information content (AvgIpc) is 2.76. The summed E-state index contributed by atoms with van der Waals surface area (Å²) in [5.41, 5.74) is 4.73. The van der Waals surface area contributed by atoms with E-state index in [-0.39, 0.29) is 17.3 Å². The molecule has 0 atom stereocenters. The van der Waals surface area contributed by atoms with Crippen LogP contribution in [0.4, 0.5) is 0 Å². The molecule has 6 nitrogen and oxygen atoms in total. The van der Waals surface area contributed by atoms with Gasteiger partial charge in [-0.3, -0.25) is 4.79 Å². The van der Waals surface area contributed by atoms with Crippen molar-refractivity contribution in [2.24, 2.45) is 5.14 Å². The van der Waals surface area contributed by atoms with Crippen LogP contribution in [0.5, 0.6) is 0 Å². The standard InChI is InChI=1S/C24H20BrN3O3S/c1-15-3-2-4-17(11-15)23-13-21(20-12-18(25)7-10-22(20)28-23)24(29)27-14-16-5-8-19(9-6-16)32(26,30)31/h2-13H,14H2,1H3,(H,27,29)(H2,26,30,31). The Balaban J connectivity index is 1.67. The van der Waals surface area contributed by atoms with Crippen molar-refractivity contribution in [3.63, 3.8) is 0 Å². The molecular formula is C24H20BrN3O3S. The van der Waals surface area contributed by atoms with Gasteiger partial charge < -0.3 is 5.32 Å². The molecule has 32 heavy (non-hydrogen) atoms. The molecule has 0 aliphatic carbocycles. The number of carbonyl (C=O) groups is 1. The monoisotopic (exact) mass is 509 g/mol. The number of aryl methyl sites for hydroxylation is 1. The van der Waals surface area contributed by atoms with E-state index in [2.05, 4.69) is 21.2 Å². The number of carbonyl (C=O) groups excluding carboxylic acids is 1. The number of hydrogen-bond donors (Lipinski definition) is 2. The number of amides is 1. The number of primary sulfonamides is 1. The van der Waals surface area contributed by atoms with Crippen LogP contribution in [0.1, 0.15) is 21.5 Å². The maximum atomic E-state index is 13.1. The molecule has 0 aliphatic rings. The molecule has 0 spiro atoms. The highest BCUT2D eigenvalue weighted by Crippen LogP contribution is 2.27. The van der Waals surface area contributed by atoms with E-state index in [1.54, 1.807) is 18.2 Å². The molecule has 0 unspecified atom stereocenters. The van der Waals surface area contributed by atoms with Crippen molar-refractivity contribution in [1.82, 2.24) is 10.3 Å². The van der Waals surface area contributed by atoms with Gasteiger partial charge in [-0.15, -0.1) is 0 Å². The molecule has 0 aliphatic heterocycles. The molecule has 3 N–H and O–H groups in total. The molecule has 0 radical (unpaired) electrons. The summed E-state index contributed by atoms with van der Waals surface area (Å²) in [7, 11) is -3.76. The molecule has 0 saturated carbocycles. The second-order valence-electron chi connectivity index (χ2n) is 7.46. The smallest absolute Gasteiger partial charge is 0.252 e. The van der Waals surface area contributed by atoms with E-state index < -0.39 is 10.0 Å². The molecule has 3 aromatic carbocycles. The van der Waals surface area contributed by atoms with E-state index >= 15 is 0 Å². The third-order valence-corrected chi connectivity index (χ3v) is 6.46. The zero-order chi connectivity index (χ0) is 22.9. The summed E-state index contributed by atoms with van der Waals surface area (Å²) >= 11 is 3.47. The predicted molar refractivity (Wildman–Crippen MR) is 129 cm³/mol. The van der Waals surface area contributed by atoms with E-state index in [0.29, 0.717) is 11.3 Å². The first-order valence-corrected chi connectivity index (χ1v) is 12.1. The third-order valence-electron chi connectivity index (χ3n) is 5.03. The number of benzene rings is 3. The Hall–Kier alpha value is -3.07. The Labute approximate surface area is 194 Å². The molecule has 0 fully saturated rings. The highest BCUT2D eigenvalue weighted by Gasteiger charge is 2.15. The average molecular weight is 510 g/mol. The maximum Gasteiger partial charge on any atom is 0.252 e. The number of pyridine rings is 1. The van der Waals surface area contributed by atoms with Gasteiger partial charge in [-0.25, -0.2) is 18.5 Å². The fourth-order valence-corrected chi connectivity index (χ4v) is 4.29. The molecule has 8 heteroatoms. The molecule has 0 bridgehead atoms. The van der Waals surface area contributed by atoms with Gasteiger partial charge in [0.05, 0.1) is 21.7 Å². The minimum absolute atomic E-state index is 0.0281. The van der Waals surface area contributed by atoms with Crippen molar-refractivity contribution in [1.29, 1.82) is 0 Å². The Morgan fingerprint density at radius 1 is 1.03 bits per heavy atom. The second-order valence-corrected chi connectivity index (χ2v) is 9.93. The molecule has 1 aromatic heterocycles. The van der Waals surface area contributed by atoms with E-state index in [1.807, 2.05) is 49.4 Å². The number of nitrogens with two attached hydrogens (primary N) is 1. The molecule has 162 valence electrons. The number of halogens is 1. The van der Waals surface area contributed by atoms with Crippen LogP contribution >= 0.6 is 15.9 Å². The topological polar surface area (TPSA) is 102 Å².